The van der Waals surface area contributed by atoms with Gasteiger partial charge in [-0.25, -0.2) is 0 Å². The first-order valence-electron chi connectivity index (χ1n) is 4.20. The Hall–Kier alpha value is -1.29. The van der Waals surface area contributed by atoms with E-state index in [1.54, 1.807) is 6.20 Å². The smallest absolute Gasteiger partial charge is 0.0868 e. The van der Waals surface area contributed by atoms with Gasteiger partial charge in [0.1, 0.15) is 0 Å². The molecule has 0 aliphatic carbocycles. The zero-order chi connectivity index (χ0) is 10.3. The average Bonchev–Trinajstić information content (AvgIpc) is 2.16. The number of hydrogen-bond acceptors (Lipinski definition) is 3. The summed E-state index contributed by atoms with van der Waals surface area (Å²) in [6, 6.07) is 3.95. The first kappa shape index (κ1) is 9.27. The van der Waals surface area contributed by atoms with Crippen LogP contribution < -0.4 is 11.5 Å². The highest BCUT2D eigenvalue weighted by Crippen LogP contribution is 2.31. The highest BCUT2D eigenvalue weighted by molar-refractivity contribution is 9.10. The van der Waals surface area contributed by atoms with E-state index < -0.39 is 0 Å². The molecule has 1 aromatic carbocycles. The molecule has 72 valence electrons. The lowest BCUT2D eigenvalue weighted by molar-refractivity contribution is 1.38. The Morgan fingerprint density at radius 2 is 2.00 bits per heavy atom. The second kappa shape index (κ2) is 3.13. The van der Waals surface area contributed by atoms with E-state index in [4.69, 9.17) is 11.5 Å². The van der Waals surface area contributed by atoms with Crippen molar-refractivity contribution in [1.82, 2.24) is 4.98 Å². The van der Waals surface area contributed by atoms with Gasteiger partial charge in [0.05, 0.1) is 23.1 Å². The molecule has 0 aliphatic heterocycles. The second-order valence-corrected chi connectivity index (χ2v) is 4.07. The van der Waals surface area contributed by atoms with Crippen molar-refractivity contribution in [2.24, 2.45) is 0 Å². The molecule has 2 aromatic rings. The minimum atomic E-state index is 0.527. The monoisotopic (exact) mass is 251 g/mol. The van der Waals surface area contributed by atoms with E-state index in [-0.39, 0.29) is 0 Å². The predicted octanol–water partition coefficient (Wildman–Crippen LogP) is 2.47. The Morgan fingerprint density at radius 1 is 1.29 bits per heavy atom. The van der Waals surface area contributed by atoms with Crippen molar-refractivity contribution in [2.45, 2.75) is 6.92 Å². The third-order valence-corrected chi connectivity index (χ3v) is 2.89. The largest absolute Gasteiger partial charge is 0.396 e. The maximum absolute atomic E-state index is 5.90. The molecule has 0 amide bonds. The van der Waals surface area contributed by atoms with E-state index in [9.17, 15) is 0 Å². The Labute approximate surface area is 90.2 Å². The molecule has 0 fully saturated rings. The topological polar surface area (TPSA) is 64.9 Å². The minimum absolute atomic E-state index is 0.527. The van der Waals surface area contributed by atoms with Crippen molar-refractivity contribution >= 4 is 38.2 Å². The standard InChI is InChI=1S/C10H10BrN3/c1-5-2-3-6(11)10-8(5)9(13)7(12)4-14-10/h2-4H,12H2,1H3,(H2,13,14). The van der Waals surface area contributed by atoms with E-state index in [2.05, 4.69) is 20.9 Å². The quantitative estimate of drug-likeness (QED) is 0.756. The molecule has 0 radical (unpaired) electrons. The number of nitrogen functional groups attached to an aromatic ring is 2. The van der Waals surface area contributed by atoms with Gasteiger partial charge in [0.2, 0.25) is 0 Å². The van der Waals surface area contributed by atoms with Crippen LogP contribution in [-0.2, 0) is 0 Å². The summed E-state index contributed by atoms with van der Waals surface area (Å²) >= 11 is 3.43. The Morgan fingerprint density at radius 3 is 2.71 bits per heavy atom. The van der Waals surface area contributed by atoms with Crippen LogP contribution in [0, 0.1) is 6.92 Å². The fourth-order valence-electron chi connectivity index (χ4n) is 1.48. The van der Waals surface area contributed by atoms with Gasteiger partial charge in [-0.3, -0.25) is 4.98 Å². The molecule has 0 atom stereocenters. The van der Waals surface area contributed by atoms with Gasteiger partial charge in [0, 0.05) is 9.86 Å². The molecule has 0 bridgehead atoms. The summed E-state index contributed by atoms with van der Waals surface area (Å²) < 4.78 is 0.935. The van der Waals surface area contributed by atoms with Crippen molar-refractivity contribution in [3.05, 3.63) is 28.4 Å². The number of fused-ring (bicyclic) bond motifs is 1. The van der Waals surface area contributed by atoms with Crippen LogP contribution in [0.4, 0.5) is 11.4 Å². The number of rotatable bonds is 0. The van der Waals surface area contributed by atoms with Gasteiger partial charge in [0.25, 0.3) is 0 Å². The number of anilines is 2. The van der Waals surface area contributed by atoms with Crippen LogP contribution >= 0.6 is 15.9 Å². The molecule has 0 spiro atoms. The number of pyridine rings is 1. The fraction of sp³-hybridized carbons (Fsp3) is 0.100. The first-order chi connectivity index (χ1) is 6.61. The average molecular weight is 252 g/mol. The van der Waals surface area contributed by atoms with E-state index in [1.807, 2.05) is 19.1 Å². The molecule has 14 heavy (non-hydrogen) atoms. The van der Waals surface area contributed by atoms with Crippen molar-refractivity contribution in [2.75, 3.05) is 11.5 Å². The van der Waals surface area contributed by atoms with Crippen LogP contribution in [0.5, 0.6) is 0 Å². The SMILES string of the molecule is Cc1ccc(Br)c2ncc(N)c(N)c12. The number of aryl methyl sites for hydroxylation is 1. The minimum Gasteiger partial charge on any atom is -0.396 e. The zero-order valence-corrected chi connectivity index (χ0v) is 9.30. The molecular weight excluding hydrogens is 242 g/mol. The summed E-state index contributed by atoms with van der Waals surface area (Å²) in [4.78, 5) is 4.25. The number of halogens is 1. The van der Waals surface area contributed by atoms with Crippen LogP contribution in [0.2, 0.25) is 0 Å². The van der Waals surface area contributed by atoms with Gasteiger partial charge < -0.3 is 11.5 Å². The van der Waals surface area contributed by atoms with E-state index >= 15 is 0 Å². The van der Waals surface area contributed by atoms with Gasteiger partial charge in [-0.05, 0) is 34.5 Å². The fourth-order valence-corrected chi connectivity index (χ4v) is 1.91. The molecule has 0 aliphatic rings. The molecular formula is C10H10BrN3. The maximum Gasteiger partial charge on any atom is 0.0868 e. The lowest BCUT2D eigenvalue weighted by Gasteiger charge is -2.08. The van der Waals surface area contributed by atoms with E-state index in [0.717, 1.165) is 20.9 Å². The molecule has 2 rings (SSSR count). The van der Waals surface area contributed by atoms with Crippen LogP contribution in [0.1, 0.15) is 5.56 Å². The lowest BCUT2D eigenvalue weighted by atomic mass is 10.1. The molecule has 0 saturated carbocycles. The second-order valence-electron chi connectivity index (χ2n) is 3.22. The van der Waals surface area contributed by atoms with Crippen molar-refractivity contribution in [3.8, 4) is 0 Å². The normalized spacial score (nSPS) is 10.7. The van der Waals surface area contributed by atoms with Crippen molar-refractivity contribution in [3.63, 3.8) is 0 Å². The summed E-state index contributed by atoms with van der Waals surface area (Å²) in [6.07, 6.45) is 1.59. The molecule has 1 heterocycles. The number of benzene rings is 1. The summed E-state index contributed by atoms with van der Waals surface area (Å²) in [5.74, 6) is 0. The molecule has 0 unspecified atom stereocenters. The third kappa shape index (κ3) is 1.23. The van der Waals surface area contributed by atoms with Gasteiger partial charge in [-0.15, -0.1) is 0 Å². The van der Waals surface area contributed by atoms with E-state index in [1.165, 1.54) is 0 Å². The van der Waals surface area contributed by atoms with Crippen molar-refractivity contribution < 1.29 is 0 Å². The van der Waals surface area contributed by atoms with Crippen molar-refractivity contribution in [1.29, 1.82) is 0 Å². The Bertz CT molecular complexity index is 508. The van der Waals surface area contributed by atoms with Crippen LogP contribution in [0.15, 0.2) is 22.8 Å². The highest BCUT2D eigenvalue weighted by Gasteiger charge is 2.08. The summed E-state index contributed by atoms with van der Waals surface area (Å²) in [5.41, 5.74) is 14.7. The number of nitrogens with zero attached hydrogens (tertiary/aromatic N) is 1. The third-order valence-electron chi connectivity index (χ3n) is 2.25. The number of aromatic nitrogens is 1. The van der Waals surface area contributed by atoms with Gasteiger partial charge in [0.15, 0.2) is 0 Å². The van der Waals surface area contributed by atoms with Gasteiger partial charge in [-0.1, -0.05) is 6.07 Å². The van der Waals surface area contributed by atoms with Gasteiger partial charge in [-0.2, -0.15) is 0 Å². The number of hydrogen-bond donors (Lipinski definition) is 2. The molecule has 3 nitrogen and oxygen atoms in total. The summed E-state index contributed by atoms with van der Waals surface area (Å²) in [5, 5.41) is 0.930. The van der Waals surface area contributed by atoms with Crippen LogP contribution in [0.25, 0.3) is 10.9 Å². The Kier molecular flexibility index (Phi) is 2.07. The van der Waals surface area contributed by atoms with E-state index in [0.29, 0.717) is 11.4 Å². The molecule has 0 saturated heterocycles. The van der Waals surface area contributed by atoms with Crippen LogP contribution in [0.3, 0.4) is 0 Å². The highest BCUT2D eigenvalue weighted by atomic mass is 79.9. The predicted molar refractivity (Wildman–Crippen MR) is 63.0 cm³/mol. The maximum atomic E-state index is 5.90. The lowest BCUT2D eigenvalue weighted by Crippen LogP contribution is -1.98. The Balaban J connectivity index is 3.01. The first-order valence-corrected chi connectivity index (χ1v) is 4.99. The molecule has 1 aromatic heterocycles. The number of nitrogens with two attached hydrogens (primary N) is 2. The van der Waals surface area contributed by atoms with Crippen LogP contribution in [-0.4, -0.2) is 4.98 Å². The molecule has 4 N–H and O–H groups in total. The summed E-state index contributed by atoms with van der Waals surface area (Å²) in [7, 11) is 0. The molecule has 4 heteroatoms. The van der Waals surface area contributed by atoms with Gasteiger partial charge >= 0.3 is 0 Å². The zero-order valence-electron chi connectivity index (χ0n) is 7.71. The summed E-state index contributed by atoms with van der Waals surface area (Å²) in [6.45, 7) is 1.99.